The van der Waals surface area contributed by atoms with Crippen LogP contribution in [-0.4, -0.2) is 53.1 Å². The number of piperidine rings is 2. The zero-order valence-electron chi connectivity index (χ0n) is 17.8. The van der Waals surface area contributed by atoms with E-state index in [9.17, 15) is 5.11 Å². The van der Waals surface area contributed by atoms with Crippen LogP contribution in [0.25, 0.3) is 0 Å². The number of benzene rings is 2. The molecule has 0 bridgehead atoms. The van der Waals surface area contributed by atoms with E-state index in [4.69, 9.17) is 4.99 Å². The van der Waals surface area contributed by atoms with Gasteiger partial charge >= 0.3 is 0 Å². The number of aliphatic hydroxyl groups excluding tert-OH is 1. The molecular formula is C25H34N4O. The predicted molar refractivity (Wildman–Crippen MR) is 124 cm³/mol. The first-order valence-electron chi connectivity index (χ1n) is 11.4. The Hall–Kier alpha value is -2.37. The lowest BCUT2D eigenvalue weighted by atomic mass is 10.1. The van der Waals surface area contributed by atoms with Gasteiger partial charge in [0.25, 0.3) is 0 Å². The number of hydrogen-bond donors (Lipinski definition) is 2. The Morgan fingerprint density at radius 3 is 2.23 bits per heavy atom. The molecule has 2 heterocycles. The number of anilines is 1. The summed E-state index contributed by atoms with van der Waals surface area (Å²) in [7, 11) is 0. The fourth-order valence-electron chi connectivity index (χ4n) is 4.23. The van der Waals surface area contributed by atoms with Gasteiger partial charge < -0.3 is 15.3 Å². The number of aliphatic hydroxyl groups is 1. The van der Waals surface area contributed by atoms with Crippen molar-refractivity contribution in [3.05, 3.63) is 65.7 Å². The summed E-state index contributed by atoms with van der Waals surface area (Å²) in [6.45, 7) is 5.76. The molecule has 2 fully saturated rings. The van der Waals surface area contributed by atoms with Gasteiger partial charge in [0, 0.05) is 38.4 Å². The highest BCUT2D eigenvalue weighted by Crippen LogP contribution is 2.16. The van der Waals surface area contributed by atoms with E-state index in [1.807, 2.05) is 6.07 Å². The largest absolute Gasteiger partial charge is 0.393 e. The van der Waals surface area contributed by atoms with Crippen LogP contribution in [0.1, 0.15) is 43.2 Å². The molecule has 160 valence electrons. The number of hydrogen-bond acceptors (Lipinski definition) is 3. The molecule has 5 nitrogen and oxygen atoms in total. The van der Waals surface area contributed by atoms with Crippen LogP contribution in [0.3, 0.4) is 0 Å². The third-order valence-corrected chi connectivity index (χ3v) is 6.08. The van der Waals surface area contributed by atoms with Crippen LogP contribution >= 0.6 is 0 Å². The van der Waals surface area contributed by atoms with E-state index in [0.29, 0.717) is 6.54 Å². The van der Waals surface area contributed by atoms with Crippen molar-refractivity contribution in [2.75, 3.05) is 31.5 Å². The summed E-state index contributed by atoms with van der Waals surface area (Å²) >= 11 is 0. The molecule has 0 amide bonds. The van der Waals surface area contributed by atoms with E-state index in [2.05, 4.69) is 63.6 Å². The van der Waals surface area contributed by atoms with Gasteiger partial charge in [-0.05, 0) is 55.4 Å². The number of nitrogens with one attached hydrogen (secondary N) is 1. The molecule has 0 aromatic heterocycles. The van der Waals surface area contributed by atoms with E-state index in [1.165, 1.54) is 30.4 Å². The van der Waals surface area contributed by atoms with Crippen molar-refractivity contribution in [1.82, 2.24) is 9.80 Å². The average Bonchev–Trinajstić information content (AvgIpc) is 2.80. The van der Waals surface area contributed by atoms with Gasteiger partial charge in [0.2, 0.25) is 0 Å². The molecule has 0 aliphatic carbocycles. The fourth-order valence-corrected chi connectivity index (χ4v) is 4.23. The van der Waals surface area contributed by atoms with Crippen LogP contribution < -0.4 is 5.32 Å². The second-order valence-corrected chi connectivity index (χ2v) is 8.50. The van der Waals surface area contributed by atoms with Crippen molar-refractivity contribution in [3.63, 3.8) is 0 Å². The number of guanidine groups is 1. The first kappa shape index (κ1) is 20.9. The Balaban J connectivity index is 1.38. The highest BCUT2D eigenvalue weighted by Gasteiger charge is 2.17. The van der Waals surface area contributed by atoms with Crippen molar-refractivity contribution in [2.45, 2.75) is 51.3 Å². The highest BCUT2D eigenvalue weighted by atomic mass is 16.3. The Labute approximate surface area is 180 Å². The van der Waals surface area contributed by atoms with Crippen molar-refractivity contribution in [2.24, 2.45) is 4.99 Å². The number of rotatable bonds is 5. The number of para-hydroxylation sites is 1. The monoisotopic (exact) mass is 406 g/mol. The molecule has 5 heteroatoms. The molecular weight excluding hydrogens is 372 g/mol. The summed E-state index contributed by atoms with van der Waals surface area (Å²) in [5.41, 5.74) is 3.65. The SMILES string of the molecule is OC1CCN(Cc2ccc(CN=C(Nc3ccccc3)N3CCCCC3)cc2)CC1. The van der Waals surface area contributed by atoms with E-state index >= 15 is 0 Å². The zero-order chi connectivity index (χ0) is 20.6. The lowest BCUT2D eigenvalue weighted by Crippen LogP contribution is -2.40. The van der Waals surface area contributed by atoms with Gasteiger partial charge in [-0.15, -0.1) is 0 Å². The van der Waals surface area contributed by atoms with Gasteiger partial charge in [0.1, 0.15) is 0 Å². The van der Waals surface area contributed by atoms with E-state index in [0.717, 1.165) is 57.2 Å². The Morgan fingerprint density at radius 1 is 0.867 bits per heavy atom. The Kier molecular flexibility index (Phi) is 7.38. The summed E-state index contributed by atoms with van der Waals surface area (Å²) in [4.78, 5) is 9.77. The van der Waals surface area contributed by atoms with Gasteiger partial charge in [-0.2, -0.15) is 0 Å². The molecule has 2 aromatic carbocycles. The lowest BCUT2D eigenvalue weighted by Gasteiger charge is -2.30. The lowest BCUT2D eigenvalue weighted by molar-refractivity contribution is 0.0792. The van der Waals surface area contributed by atoms with Gasteiger partial charge in [-0.3, -0.25) is 4.90 Å². The quantitative estimate of drug-likeness (QED) is 0.580. The summed E-state index contributed by atoms with van der Waals surface area (Å²) in [6, 6.07) is 19.2. The van der Waals surface area contributed by atoms with Crippen molar-refractivity contribution in [1.29, 1.82) is 0 Å². The zero-order valence-corrected chi connectivity index (χ0v) is 17.8. The molecule has 2 aromatic rings. The smallest absolute Gasteiger partial charge is 0.198 e. The maximum Gasteiger partial charge on any atom is 0.198 e. The number of aliphatic imine (C=N–C) groups is 1. The van der Waals surface area contributed by atoms with Crippen molar-refractivity contribution >= 4 is 11.6 Å². The molecule has 0 spiro atoms. The van der Waals surface area contributed by atoms with Crippen LogP contribution in [0.4, 0.5) is 5.69 Å². The van der Waals surface area contributed by atoms with Crippen LogP contribution in [0.15, 0.2) is 59.6 Å². The van der Waals surface area contributed by atoms with Crippen LogP contribution in [0.2, 0.25) is 0 Å². The van der Waals surface area contributed by atoms with Gasteiger partial charge in [-0.25, -0.2) is 4.99 Å². The average molecular weight is 407 g/mol. The number of likely N-dealkylation sites (tertiary alicyclic amines) is 2. The maximum absolute atomic E-state index is 9.67. The van der Waals surface area contributed by atoms with E-state index in [1.54, 1.807) is 0 Å². The topological polar surface area (TPSA) is 51.1 Å². The summed E-state index contributed by atoms with van der Waals surface area (Å²) in [6.07, 6.45) is 5.45. The summed E-state index contributed by atoms with van der Waals surface area (Å²) < 4.78 is 0. The van der Waals surface area contributed by atoms with Gasteiger partial charge in [-0.1, -0.05) is 42.5 Å². The molecule has 4 rings (SSSR count). The van der Waals surface area contributed by atoms with E-state index in [-0.39, 0.29) is 6.10 Å². The minimum Gasteiger partial charge on any atom is -0.393 e. The number of nitrogens with zero attached hydrogens (tertiary/aromatic N) is 3. The fraction of sp³-hybridized carbons (Fsp3) is 0.480. The molecule has 30 heavy (non-hydrogen) atoms. The summed E-state index contributed by atoms with van der Waals surface area (Å²) in [5.74, 6) is 0.983. The second kappa shape index (κ2) is 10.6. The molecule has 0 radical (unpaired) electrons. The normalized spacial score (nSPS) is 19.1. The molecule has 2 saturated heterocycles. The maximum atomic E-state index is 9.67. The second-order valence-electron chi connectivity index (χ2n) is 8.50. The highest BCUT2D eigenvalue weighted by molar-refractivity contribution is 5.93. The van der Waals surface area contributed by atoms with Crippen LogP contribution in [0, 0.1) is 0 Å². The molecule has 0 unspecified atom stereocenters. The van der Waals surface area contributed by atoms with E-state index < -0.39 is 0 Å². The van der Waals surface area contributed by atoms with Gasteiger partial charge in [0.15, 0.2) is 5.96 Å². The predicted octanol–water partition coefficient (Wildman–Crippen LogP) is 4.10. The molecule has 0 atom stereocenters. The van der Waals surface area contributed by atoms with Crippen LogP contribution in [0.5, 0.6) is 0 Å². The van der Waals surface area contributed by atoms with Crippen molar-refractivity contribution < 1.29 is 5.11 Å². The molecule has 2 aliphatic rings. The molecule has 0 saturated carbocycles. The third kappa shape index (κ3) is 6.07. The van der Waals surface area contributed by atoms with Crippen molar-refractivity contribution in [3.8, 4) is 0 Å². The first-order chi connectivity index (χ1) is 14.8. The Bertz CT molecular complexity index is 792. The van der Waals surface area contributed by atoms with Crippen LogP contribution in [-0.2, 0) is 13.1 Å². The first-order valence-corrected chi connectivity index (χ1v) is 11.4. The summed E-state index contributed by atoms with van der Waals surface area (Å²) in [5, 5.41) is 13.2. The van der Waals surface area contributed by atoms with Gasteiger partial charge in [0.05, 0.1) is 12.6 Å². The standard InChI is InChI=1S/C25H34N4O/c30-24-13-17-28(18-14-24)20-22-11-9-21(10-12-22)19-26-25(29-15-5-2-6-16-29)27-23-7-3-1-4-8-23/h1,3-4,7-12,24,30H,2,5-6,13-20H2,(H,26,27). The Morgan fingerprint density at radius 2 is 1.53 bits per heavy atom. The minimum absolute atomic E-state index is 0.111. The molecule has 2 N–H and O–H groups in total. The third-order valence-electron chi connectivity index (χ3n) is 6.08. The minimum atomic E-state index is -0.111. The molecule has 2 aliphatic heterocycles.